The van der Waals surface area contributed by atoms with Gasteiger partial charge < -0.3 is 5.73 Å². The molecule has 0 aliphatic heterocycles. The zero-order valence-corrected chi connectivity index (χ0v) is 12.7. The van der Waals surface area contributed by atoms with Crippen LogP contribution < -0.4 is 5.73 Å². The van der Waals surface area contributed by atoms with Crippen LogP contribution in [0.15, 0.2) is 30.3 Å². The fraction of sp³-hybridized carbons (Fsp3) is 0.533. The average Bonchev–Trinajstić information content (AvgIpc) is 2.43. The Morgan fingerprint density at radius 1 is 1.15 bits per heavy atom. The van der Waals surface area contributed by atoms with E-state index >= 15 is 0 Å². The van der Waals surface area contributed by atoms with Crippen molar-refractivity contribution in [3.63, 3.8) is 0 Å². The predicted molar refractivity (Wildman–Crippen MR) is 81.2 cm³/mol. The Bertz CT molecular complexity index is 511. The van der Waals surface area contributed by atoms with E-state index in [2.05, 4.69) is 0 Å². The van der Waals surface area contributed by atoms with Crippen LogP contribution in [0.3, 0.4) is 0 Å². The molecule has 1 rings (SSSR count). The minimum Gasteiger partial charge on any atom is -0.324 e. The second-order valence-corrected chi connectivity index (χ2v) is 7.30. The van der Waals surface area contributed by atoms with Gasteiger partial charge in [-0.3, -0.25) is 4.79 Å². The number of hydrogen-bond acceptors (Lipinski definition) is 4. The van der Waals surface area contributed by atoms with Gasteiger partial charge in [-0.15, -0.1) is 0 Å². The summed E-state index contributed by atoms with van der Waals surface area (Å²) in [7, 11) is -3.07. The van der Waals surface area contributed by atoms with Crippen LogP contribution in [0.4, 0.5) is 0 Å². The fourth-order valence-electron chi connectivity index (χ4n) is 1.99. The summed E-state index contributed by atoms with van der Waals surface area (Å²) in [4.78, 5) is 11.7. The minimum absolute atomic E-state index is 0.0314. The van der Waals surface area contributed by atoms with Gasteiger partial charge in [-0.2, -0.15) is 0 Å². The van der Waals surface area contributed by atoms with E-state index in [1.165, 1.54) is 0 Å². The summed E-state index contributed by atoms with van der Waals surface area (Å²) in [5, 5.41) is 0. The van der Waals surface area contributed by atoms with Crippen molar-refractivity contribution in [2.24, 2.45) is 5.73 Å². The molecular weight excluding hydrogens is 274 g/mol. The van der Waals surface area contributed by atoms with Gasteiger partial charge >= 0.3 is 0 Å². The Morgan fingerprint density at radius 2 is 1.80 bits per heavy atom. The Kier molecular flexibility index (Phi) is 6.88. The lowest BCUT2D eigenvalue weighted by Crippen LogP contribution is -2.16. The molecule has 0 saturated carbocycles. The van der Waals surface area contributed by atoms with Crippen LogP contribution in [0.1, 0.15) is 44.2 Å². The molecule has 5 heteroatoms. The van der Waals surface area contributed by atoms with Crippen LogP contribution in [0.2, 0.25) is 0 Å². The number of carbonyl (C=O) groups is 1. The average molecular weight is 297 g/mol. The Hall–Kier alpha value is -1.20. The SMILES string of the molecule is CCCS(=O)(=O)CCC(=O)CCC(N)c1ccccc1. The normalized spacial score (nSPS) is 13.1. The first kappa shape index (κ1) is 16.9. The molecule has 1 unspecified atom stereocenters. The molecule has 0 bridgehead atoms. The highest BCUT2D eigenvalue weighted by molar-refractivity contribution is 7.91. The zero-order valence-electron chi connectivity index (χ0n) is 11.9. The molecule has 2 N–H and O–H groups in total. The topological polar surface area (TPSA) is 77.2 Å². The van der Waals surface area contributed by atoms with E-state index in [1.807, 2.05) is 37.3 Å². The van der Waals surface area contributed by atoms with E-state index in [9.17, 15) is 13.2 Å². The van der Waals surface area contributed by atoms with Gasteiger partial charge in [-0.05, 0) is 18.4 Å². The maximum atomic E-state index is 11.7. The van der Waals surface area contributed by atoms with Gasteiger partial charge in [0.2, 0.25) is 0 Å². The largest absolute Gasteiger partial charge is 0.324 e. The molecule has 0 heterocycles. The van der Waals surface area contributed by atoms with Crippen LogP contribution in [0.25, 0.3) is 0 Å². The van der Waals surface area contributed by atoms with E-state index in [4.69, 9.17) is 5.73 Å². The second kappa shape index (κ2) is 8.17. The number of nitrogens with two attached hydrogens (primary N) is 1. The summed E-state index contributed by atoms with van der Waals surface area (Å²) in [5.41, 5.74) is 7.00. The summed E-state index contributed by atoms with van der Waals surface area (Å²) in [6.07, 6.45) is 1.58. The van der Waals surface area contributed by atoms with Gasteiger partial charge in [-0.25, -0.2) is 8.42 Å². The van der Waals surface area contributed by atoms with Crippen LogP contribution in [0.5, 0.6) is 0 Å². The zero-order chi connectivity index (χ0) is 15.0. The number of rotatable bonds is 9. The van der Waals surface area contributed by atoms with Crippen molar-refractivity contribution in [1.82, 2.24) is 0 Å². The molecule has 0 radical (unpaired) electrons. The molecule has 0 aromatic heterocycles. The number of benzene rings is 1. The van der Waals surface area contributed by atoms with Crippen molar-refractivity contribution in [3.05, 3.63) is 35.9 Å². The summed E-state index contributed by atoms with van der Waals surface area (Å²) < 4.78 is 23.0. The lowest BCUT2D eigenvalue weighted by Gasteiger charge is -2.11. The molecule has 0 spiro atoms. The molecule has 1 aromatic carbocycles. The van der Waals surface area contributed by atoms with E-state index in [0.717, 1.165) is 5.56 Å². The quantitative estimate of drug-likeness (QED) is 0.758. The van der Waals surface area contributed by atoms with Crippen molar-refractivity contribution in [3.8, 4) is 0 Å². The third kappa shape index (κ3) is 6.30. The maximum absolute atomic E-state index is 11.7. The monoisotopic (exact) mass is 297 g/mol. The molecule has 0 fully saturated rings. The van der Waals surface area contributed by atoms with E-state index in [0.29, 0.717) is 19.3 Å². The van der Waals surface area contributed by atoms with Crippen LogP contribution in [0, 0.1) is 0 Å². The number of sulfone groups is 1. The highest BCUT2D eigenvalue weighted by Gasteiger charge is 2.14. The van der Waals surface area contributed by atoms with E-state index in [-0.39, 0.29) is 29.8 Å². The van der Waals surface area contributed by atoms with Crippen molar-refractivity contribution >= 4 is 15.6 Å². The maximum Gasteiger partial charge on any atom is 0.150 e. The second-order valence-electron chi connectivity index (χ2n) is 5.00. The van der Waals surface area contributed by atoms with Crippen LogP contribution in [-0.2, 0) is 14.6 Å². The first-order chi connectivity index (χ1) is 9.44. The van der Waals surface area contributed by atoms with Crippen molar-refractivity contribution in [2.75, 3.05) is 11.5 Å². The molecule has 0 amide bonds. The third-order valence-corrected chi connectivity index (χ3v) is 5.03. The minimum atomic E-state index is -3.07. The van der Waals surface area contributed by atoms with E-state index in [1.54, 1.807) is 0 Å². The highest BCUT2D eigenvalue weighted by atomic mass is 32.2. The van der Waals surface area contributed by atoms with Gasteiger partial charge in [0, 0.05) is 24.6 Å². The number of hydrogen-bond donors (Lipinski definition) is 1. The van der Waals surface area contributed by atoms with Crippen molar-refractivity contribution in [2.45, 2.75) is 38.6 Å². The van der Waals surface area contributed by atoms with E-state index < -0.39 is 9.84 Å². The molecule has 20 heavy (non-hydrogen) atoms. The number of ketones is 1. The van der Waals surface area contributed by atoms with Crippen LogP contribution >= 0.6 is 0 Å². The molecule has 4 nitrogen and oxygen atoms in total. The van der Waals surface area contributed by atoms with Gasteiger partial charge in [0.05, 0.1) is 5.75 Å². The molecule has 112 valence electrons. The molecule has 1 atom stereocenters. The molecule has 0 aliphatic carbocycles. The summed E-state index contributed by atoms with van der Waals surface area (Å²) in [6, 6.07) is 9.43. The van der Waals surface area contributed by atoms with Gasteiger partial charge in [0.15, 0.2) is 9.84 Å². The molecule has 0 aliphatic rings. The van der Waals surface area contributed by atoms with Crippen molar-refractivity contribution in [1.29, 1.82) is 0 Å². The van der Waals surface area contributed by atoms with Gasteiger partial charge in [0.25, 0.3) is 0 Å². The van der Waals surface area contributed by atoms with Crippen LogP contribution in [-0.4, -0.2) is 25.7 Å². The Balaban J connectivity index is 2.33. The van der Waals surface area contributed by atoms with Gasteiger partial charge in [-0.1, -0.05) is 37.3 Å². The predicted octanol–water partition coefficient (Wildman–Crippen LogP) is 2.25. The summed E-state index contributed by atoms with van der Waals surface area (Å²) >= 11 is 0. The lowest BCUT2D eigenvalue weighted by molar-refractivity contribution is -0.118. The Labute approximate surface area is 121 Å². The first-order valence-corrected chi connectivity index (χ1v) is 8.79. The first-order valence-electron chi connectivity index (χ1n) is 6.97. The van der Waals surface area contributed by atoms with Gasteiger partial charge in [0.1, 0.15) is 5.78 Å². The Morgan fingerprint density at radius 3 is 2.40 bits per heavy atom. The standard InChI is InChI=1S/C15H23NO3S/c1-2-11-20(18,19)12-10-14(17)8-9-15(16)13-6-4-3-5-7-13/h3-7,15H,2,8-12,16H2,1H3. The summed E-state index contributed by atoms with van der Waals surface area (Å²) in [5.74, 6) is 0.0837. The summed E-state index contributed by atoms with van der Waals surface area (Å²) in [6.45, 7) is 1.82. The number of Topliss-reactive ketones (excluding diaryl/α,β-unsaturated/α-hetero) is 1. The third-order valence-electron chi connectivity index (χ3n) is 3.17. The highest BCUT2D eigenvalue weighted by Crippen LogP contribution is 2.15. The molecule has 1 aromatic rings. The van der Waals surface area contributed by atoms with Crippen molar-refractivity contribution < 1.29 is 13.2 Å². The fourth-order valence-corrected chi connectivity index (χ4v) is 3.36. The lowest BCUT2D eigenvalue weighted by atomic mass is 10.0. The smallest absolute Gasteiger partial charge is 0.150 e. The molecule has 0 saturated heterocycles. The number of carbonyl (C=O) groups excluding carboxylic acids is 1. The molecular formula is C15H23NO3S.